The van der Waals surface area contributed by atoms with Gasteiger partial charge >= 0.3 is 5.97 Å². The largest absolute Gasteiger partial charge is 0.455 e. The van der Waals surface area contributed by atoms with E-state index in [1.807, 2.05) is 36.4 Å². The number of amides is 2. The van der Waals surface area contributed by atoms with Gasteiger partial charge in [-0.05, 0) is 48.4 Å². The summed E-state index contributed by atoms with van der Waals surface area (Å²) in [5, 5.41) is 2.72. The summed E-state index contributed by atoms with van der Waals surface area (Å²) < 4.78 is 11.0. The van der Waals surface area contributed by atoms with Crippen LogP contribution in [-0.4, -0.2) is 35.8 Å². The van der Waals surface area contributed by atoms with Gasteiger partial charge in [0.05, 0.1) is 11.3 Å². The molecule has 1 aliphatic heterocycles. The molecule has 168 valence electrons. The van der Waals surface area contributed by atoms with E-state index in [9.17, 15) is 14.4 Å². The number of likely N-dealkylation sites (tertiary alicyclic amines) is 1. The lowest BCUT2D eigenvalue weighted by Gasteiger charge is -2.16. The van der Waals surface area contributed by atoms with Gasteiger partial charge in [-0.25, -0.2) is 4.79 Å². The molecule has 2 amide bonds. The fraction of sp³-hybridized carbons (Fsp3) is 0.192. The van der Waals surface area contributed by atoms with Crippen molar-refractivity contribution in [1.29, 1.82) is 0 Å². The maximum absolute atomic E-state index is 12.5. The van der Waals surface area contributed by atoms with Crippen LogP contribution in [0, 0.1) is 0 Å². The summed E-state index contributed by atoms with van der Waals surface area (Å²) in [6, 6.07) is 23.2. The number of hydrogen-bond acceptors (Lipinski definition) is 5. The number of nitrogens with one attached hydrogen (secondary N) is 1. The molecule has 7 heteroatoms. The average Bonchev–Trinajstić information content (AvgIpc) is 3.24. The Kier molecular flexibility index (Phi) is 6.99. The summed E-state index contributed by atoms with van der Waals surface area (Å²) >= 11 is 0. The van der Waals surface area contributed by atoms with Crippen LogP contribution in [0.15, 0.2) is 78.9 Å². The molecule has 1 saturated heterocycles. The number of hydrogen-bond donors (Lipinski definition) is 1. The second-order valence-electron chi connectivity index (χ2n) is 7.65. The van der Waals surface area contributed by atoms with E-state index in [0.29, 0.717) is 35.7 Å². The highest BCUT2D eigenvalue weighted by Crippen LogP contribution is 2.29. The van der Waals surface area contributed by atoms with Crippen LogP contribution in [0.1, 0.15) is 28.8 Å². The van der Waals surface area contributed by atoms with Crippen molar-refractivity contribution in [3.05, 3.63) is 90.0 Å². The topological polar surface area (TPSA) is 84.9 Å². The SMILES string of the molecule is O=C(COC(=O)c1cccc(CN2CCCC2=O)c1)Nc1ccccc1Oc1ccccc1. The molecule has 0 bridgehead atoms. The second kappa shape index (κ2) is 10.5. The molecule has 0 atom stereocenters. The smallest absolute Gasteiger partial charge is 0.338 e. The standard InChI is InChI=1S/C26H24N2O5/c29-24(27-22-12-4-5-13-23(22)33-21-10-2-1-3-11-21)18-32-26(31)20-9-6-8-19(16-20)17-28-15-7-14-25(28)30/h1-6,8-13,16H,7,14-15,17-18H2,(H,27,29). The minimum Gasteiger partial charge on any atom is -0.455 e. The Labute approximate surface area is 191 Å². The van der Waals surface area contributed by atoms with Crippen LogP contribution in [0.25, 0.3) is 0 Å². The van der Waals surface area contributed by atoms with Crippen molar-refractivity contribution in [2.45, 2.75) is 19.4 Å². The predicted molar refractivity (Wildman–Crippen MR) is 123 cm³/mol. The van der Waals surface area contributed by atoms with E-state index in [2.05, 4.69) is 5.32 Å². The molecule has 0 radical (unpaired) electrons. The Bertz CT molecular complexity index is 1150. The number of carbonyl (C=O) groups is 3. The molecule has 33 heavy (non-hydrogen) atoms. The molecule has 0 unspecified atom stereocenters. The van der Waals surface area contributed by atoms with Crippen LogP contribution in [0.2, 0.25) is 0 Å². The van der Waals surface area contributed by atoms with Crippen LogP contribution in [0.4, 0.5) is 5.69 Å². The first-order valence-corrected chi connectivity index (χ1v) is 10.7. The summed E-state index contributed by atoms with van der Waals surface area (Å²) in [6.07, 6.45) is 1.42. The van der Waals surface area contributed by atoms with E-state index in [0.717, 1.165) is 18.5 Å². The number of anilines is 1. The van der Waals surface area contributed by atoms with Gasteiger partial charge in [0.1, 0.15) is 5.75 Å². The fourth-order valence-corrected chi connectivity index (χ4v) is 3.56. The van der Waals surface area contributed by atoms with Crippen LogP contribution >= 0.6 is 0 Å². The van der Waals surface area contributed by atoms with Gasteiger partial charge in [0.25, 0.3) is 5.91 Å². The lowest BCUT2D eigenvalue weighted by molar-refractivity contribution is -0.128. The van der Waals surface area contributed by atoms with Gasteiger partial charge in [0.15, 0.2) is 12.4 Å². The summed E-state index contributed by atoms with van der Waals surface area (Å²) in [7, 11) is 0. The van der Waals surface area contributed by atoms with Crippen molar-refractivity contribution in [3.8, 4) is 11.5 Å². The highest BCUT2D eigenvalue weighted by molar-refractivity contribution is 5.96. The van der Waals surface area contributed by atoms with Crippen LogP contribution in [0.3, 0.4) is 0 Å². The number of para-hydroxylation sites is 3. The van der Waals surface area contributed by atoms with Crippen molar-refractivity contribution in [3.63, 3.8) is 0 Å². The quantitative estimate of drug-likeness (QED) is 0.521. The molecule has 1 heterocycles. The summed E-state index contributed by atoms with van der Waals surface area (Å²) in [5.41, 5.74) is 1.65. The molecule has 0 aliphatic carbocycles. The average molecular weight is 444 g/mol. The summed E-state index contributed by atoms with van der Waals surface area (Å²) in [4.78, 5) is 38.5. The first kappa shape index (κ1) is 22.1. The second-order valence-corrected chi connectivity index (χ2v) is 7.65. The van der Waals surface area contributed by atoms with Gasteiger partial charge in [-0.3, -0.25) is 9.59 Å². The van der Waals surface area contributed by atoms with E-state index in [4.69, 9.17) is 9.47 Å². The zero-order valence-corrected chi connectivity index (χ0v) is 18.0. The maximum Gasteiger partial charge on any atom is 0.338 e. The normalized spacial score (nSPS) is 13.0. The van der Waals surface area contributed by atoms with Crippen molar-refractivity contribution in [2.24, 2.45) is 0 Å². The van der Waals surface area contributed by atoms with Gasteiger partial charge in [-0.2, -0.15) is 0 Å². The highest BCUT2D eigenvalue weighted by atomic mass is 16.5. The zero-order valence-electron chi connectivity index (χ0n) is 18.0. The monoisotopic (exact) mass is 444 g/mol. The van der Waals surface area contributed by atoms with Crippen LogP contribution in [0.5, 0.6) is 11.5 Å². The lowest BCUT2D eigenvalue weighted by Crippen LogP contribution is -2.24. The number of nitrogens with zero attached hydrogens (tertiary/aromatic N) is 1. The van der Waals surface area contributed by atoms with E-state index >= 15 is 0 Å². The zero-order chi connectivity index (χ0) is 23.0. The first-order valence-electron chi connectivity index (χ1n) is 10.7. The molecular formula is C26H24N2O5. The molecule has 3 aromatic rings. The van der Waals surface area contributed by atoms with Crippen LogP contribution < -0.4 is 10.1 Å². The molecular weight excluding hydrogens is 420 g/mol. The number of ether oxygens (including phenoxy) is 2. The van der Waals surface area contributed by atoms with Crippen molar-refractivity contribution in [1.82, 2.24) is 4.90 Å². The van der Waals surface area contributed by atoms with Gasteiger partial charge < -0.3 is 19.7 Å². The number of carbonyl (C=O) groups excluding carboxylic acids is 3. The Morgan fingerprint density at radius 1 is 0.939 bits per heavy atom. The molecule has 1 fully saturated rings. The molecule has 1 aliphatic rings. The molecule has 1 N–H and O–H groups in total. The fourth-order valence-electron chi connectivity index (χ4n) is 3.56. The van der Waals surface area contributed by atoms with E-state index < -0.39 is 18.5 Å². The highest BCUT2D eigenvalue weighted by Gasteiger charge is 2.20. The third-order valence-electron chi connectivity index (χ3n) is 5.17. The third kappa shape index (κ3) is 5.98. The van der Waals surface area contributed by atoms with Crippen molar-refractivity contribution >= 4 is 23.5 Å². The molecule has 7 nitrogen and oxygen atoms in total. The number of esters is 1. The Hall–Kier alpha value is -4.13. The maximum atomic E-state index is 12.5. The van der Waals surface area contributed by atoms with Gasteiger partial charge in [-0.1, -0.05) is 42.5 Å². The summed E-state index contributed by atoms with van der Waals surface area (Å²) in [5.74, 6) is 0.157. The van der Waals surface area contributed by atoms with Crippen molar-refractivity contribution in [2.75, 3.05) is 18.5 Å². The van der Waals surface area contributed by atoms with Crippen LogP contribution in [-0.2, 0) is 20.9 Å². The van der Waals surface area contributed by atoms with Gasteiger partial charge in [-0.15, -0.1) is 0 Å². The minimum absolute atomic E-state index is 0.121. The first-order chi connectivity index (χ1) is 16.1. The Morgan fingerprint density at radius 2 is 1.73 bits per heavy atom. The van der Waals surface area contributed by atoms with Crippen molar-refractivity contribution < 1.29 is 23.9 Å². The Morgan fingerprint density at radius 3 is 2.52 bits per heavy atom. The molecule has 0 aromatic heterocycles. The minimum atomic E-state index is -0.603. The molecule has 4 rings (SSSR count). The van der Waals surface area contributed by atoms with Gasteiger partial charge in [0, 0.05) is 19.5 Å². The van der Waals surface area contributed by atoms with E-state index in [1.165, 1.54) is 0 Å². The molecule has 3 aromatic carbocycles. The number of benzene rings is 3. The molecule has 0 saturated carbocycles. The Balaban J connectivity index is 1.33. The van der Waals surface area contributed by atoms with E-state index in [1.54, 1.807) is 47.4 Å². The molecule has 0 spiro atoms. The summed E-state index contributed by atoms with van der Waals surface area (Å²) in [6.45, 7) is 0.745. The van der Waals surface area contributed by atoms with E-state index in [-0.39, 0.29) is 5.91 Å². The number of rotatable bonds is 8. The lowest BCUT2D eigenvalue weighted by atomic mass is 10.1. The third-order valence-corrected chi connectivity index (χ3v) is 5.17. The predicted octanol–water partition coefficient (Wildman–Crippen LogP) is 4.40. The van der Waals surface area contributed by atoms with Gasteiger partial charge in [0.2, 0.25) is 5.91 Å².